The van der Waals surface area contributed by atoms with E-state index in [9.17, 15) is 14.4 Å². The standard InChI is InChI=1S/C27H37N3O5/c1-19-11-8-9-13-22(19)28-27(34)29-23-15-14-21(17-24(23)35-4)18-25(31)30(3)16-10-6-5-7-12-20(2)26(32)33/h8-9,11,13-15,17,20H,5-7,10,12,16,18H2,1-4H3,(H,32,33)(H2,28,29,34). The van der Waals surface area contributed by atoms with Crippen LogP contribution in [0.3, 0.4) is 0 Å². The molecule has 0 heterocycles. The molecule has 0 bridgehead atoms. The van der Waals surface area contributed by atoms with Gasteiger partial charge in [0.25, 0.3) is 0 Å². The fourth-order valence-electron chi connectivity index (χ4n) is 3.65. The minimum absolute atomic E-state index is 0.00422. The Morgan fingerprint density at radius 1 is 1.00 bits per heavy atom. The first-order chi connectivity index (χ1) is 16.7. The van der Waals surface area contributed by atoms with Gasteiger partial charge in [-0.05, 0) is 49.1 Å². The number of methoxy groups -OCH3 is 1. The maximum Gasteiger partial charge on any atom is 0.323 e. The van der Waals surface area contributed by atoms with Crippen LogP contribution in [0.1, 0.15) is 50.2 Å². The summed E-state index contributed by atoms with van der Waals surface area (Å²) in [7, 11) is 3.31. The van der Waals surface area contributed by atoms with E-state index >= 15 is 0 Å². The molecule has 8 nitrogen and oxygen atoms in total. The third kappa shape index (κ3) is 9.31. The predicted molar refractivity (Wildman–Crippen MR) is 138 cm³/mol. The zero-order chi connectivity index (χ0) is 25.8. The Labute approximate surface area is 207 Å². The minimum atomic E-state index is -0.749. The number of hydrogen-bond acceptors (Lipinski definition) is 4. The molecule has 0 saturated heterocycles. The number of carboxylic acid groups (broad SMARTS) is 1. The lowest BCUT2D eigenvalue weighted by Crippen LogP contribution is -2.29. The zero-order valence-corrected chi connectivity index (χ0v) is 21.1. The molecular formula is C27H37N3O5. The number of aliphatic carboxylic acids is 1. The SMILES string of the molecule is COc1cc(CC(=O)N(C)CCCCCCC(C)C(=O)O)ccc1NC(=O)Nc1ccccc1C. The van der Waals surface area contributed by atoms with E-state index in [2.05, 4.69) is 10.6 Å². The molecule has 0 aromatic heterocycles. The Hall–Kier alpha value is -3.55. The van der Waals surface area contributed by atoms with E-state index in [0.717, 1.165) is 42.5 Å². The molecule has 3 amide bonds. The van der Waals surface area contributed by atoms with Crippen molar-refractivity contribution in [2.75, 3.05) is 31.3 Å². The zero-order valence-electron chi connectivity index (χ0n) is 21.1. The predicted octanol–water partition coefficient (Wildman–Crippen LogP) is 5.32. The molecule has 0 aliphatic rings. The van der Waals surface area contributed by atoms with E-state index in [4.69, 9.17) is 9.84 Å². The minimum Gasteiger partial charge on any atom is -0.495 e. The van der Waals surface area contributed by atoms with E-state index < -0.39 is 5.97 Å². The first-order valence-corrected chi connectivity index (χ1v) is 12.0. The van der Waals surface area contributed by atoms with E-state index in [0.29, 0.717) is 24.4 Å². The summed E-state index contributed by atoms with van der Waals surface area (Å²) in [6.45, 7) is 4.30. The highest BCUT2D eigenvalue weighted by Crippen LogP contribution is 2.26. The smallest absolute Gasteiger partial charge is 0.323 e. The van der Waals surface area contributed by atoms with Gasteiger partial charge in [-0.25, -0.2) is 4.79 Å². The number of aryl methyl sites for hydroxylation is 1. The Morgan fingerprint density at radius 3 is 2.37 bits per heavy atom. The molecule has 3 N–H and O–H groups in total. The first-order valence-electron chi connectivity index (χ1n) is 12.0. The van der Waals surface area contributed by atoms with Gasteiger partial charge >= 0.3 is 12.0 Å². The second-order valence-electron chi connectivity index (χ2n) is 8.86. The number of nitrogens with zero attached hydrogens (tertiary/aromatic N) is 1. The van der Waals surface area contributed by atoms with Gasteiger partial charge in [-0.15, -0.1) is 0 Å². The van der Waals surface area contributed by atoms with Crippen molar-refractivity contribution in [3.63, 3.8) is 0 Å². The summed E-state index contributed by atoms with van der Waals surface area (Å²) in [5, 5.41) is 14.5. The number of anilines is 2. The van der Waals surface area contributed by atoms with Crippen LogP contribution in [0.4, 0.5) is 16.2 Å². The lowest BCUT2D eigenvalue weighted by molar-refractivity contribution is -0.141. The van der Waals surface area contributed by atoms with Gasteiger partial charge in [-0.3, -0.25) is 9.59 Å². The molecule has 0 fully saturated rings. The first kappa shape index (κ1) is 27.7. The number of hydrogen-bond donors (Lipinski definition) is 3. The molecule has 0 aliphatic carbocycles. The molecule has 190 valence electrons. The fourth-order valence-corrected chi connectivity index (χ4v) is 3.65. The molecule has 2 aromatic carbocycles. The second kappa shape index (κ2) is 14.0. The number of carboxylic acids is 1. The molecule has 1 atom stereocenters. The maximum absolute atomic E-state index is 12.6. The summed E-state index contributed by atoms with van der Waals surface area (Å²) >= 11 is 0. The number of rotatable bonds is 13. The largest absolute Gasteiger partial charge is 0.495 e. The molecule has 0 aliphatic heterocycles. The monoisotopic (exact) mass is 483 g/mol. The summed E-state index contributed by atoms with van der Waals surface area (Å²) in [5.41, 5.74) is 3.00. The normalized spacial score (nSPS) is 11.4. The van der Waals surface area contributed by atoms with E-state index in [-0.39, 0.29) is 24.3 Å². The van der Waals surface area contributed by atoms with Crippen molar-refractivity contribution >= 4 is 29.3 Å². The van der Waals surface area contributed by atoms with Crippen LogP contribution in [0.25, 0.3) is 0 Å². The van der Waals surface area contributed by atoms with Crippen LogP contribution in [0.2, 0.25) is 0 Å². The summed E-state index contributed by atoms with van der Waals surface area (Å²) in [5.74, 6) is -0.570. The Balaban J connectivity index is 1.81. The summed E-state index contributed by atoms with van der Waals surface area (Å²) < 4.78 is 5.43. The number of carbonyl (C=O) groups excluding carboxylic acids is 2. The number of carbonyl (C=O) groups is 3. The molecule has 1 unspecified atom stereocenters. The van der Waals surface area contributed by atoms with Gasteiger partial charge in [-0.2, -0.15) is 0 Å². The summed E-state index contributed by atoms with van der Waals surface area (Å²) in [6, 6.07) is 12.4. The van der Waals surface area contributed by atoms with Gasteiger partial charge in [0, 0.05) is 19.3 Å². The molecule has 8 heteroatoms. The molecular weight excluding hydrogens is 446 g/mol. The van der Waals surface area contributed by atoms with Crippen molar-refractivity contribution in [2.24, 2.45) is 5.92 Å². The molecule has 35 heavy (non-hydrogen) atoms. The number of para-hydroxylation sites is 1. The molecule has 0 saturated carbocycles. The number of nitrogens with one attached hydrogen (secondary N) is 2. The van der Waals surface area contributed by atoms with Crippen LogP contribution >= 0.6 is 0 Å². The van der Waals surface area contributed by atoms with Gasteiger partial charge in [0.15, 0.2) is 0 Å². The number of likely N-dealkylation sites (N-methyl/N-ethyl adjacent to an activating group) is 1. The number of ether oxygens (including phenoxy) is 1. The lowest BCUT2D eigenvalue weighted by atomic mass is 10.0. The van der Waals surface area contributed by atoms with Crippen molar-refractivity contribution in [1.29, 1.82) is 0 Å². The maximum atomic E-state index is 12.6. The average Bonchev–Trinajstić information content (AvgIpc) is 2.83. The number of amides is 3. The van der Waals surface area contributed by atoms with Gasteiger partial charge in [-0.1, -0.05) is 50.5 Å². The molecule has 0 radical (unpaired) electrons. The van der Waals surface area contributed by atoms with Crippen molar-refractivity contribution in [1.82, 2.24) is 4.90 Å². The van der Waals surface area contributed by atoms with Crippen molar-refractivity contribution in [3.05, 3.63) is 53.6 Å². The van der Waals surface area contributed by atoms with Crippen LogP contribution in [-0.2, 0) is 16.0 Å². The lowest BCUT2D eigenvalue weighted by Gasteiger charge is -2.18. The molecule has 2 aromatic rings. The van der Waals surface area contributed by atoms with Gasteiger partial charge in [0.2, 0.25) is 5.91 Å². The molecule has 0 spiro atoms. The van der Waals surface area contributed by atoms with Crippen LogP contribution in [0, 0.1) is 12.8 Å². The average molecular weight is 484 g/mol. The summed E-state index contributed by atoms with van der Waals surface area (Å²) in [4.78, 5) is 37.6. The highest BCUT2D eigenvalue weighted by molar-refractivity contribution is 6.01. The second-order valence-corrected chi connectivity index (χ2v) is 8.86. The number of unbranched alkanes of at least 4 members (excludes halogenated alkanes) is 3. The van der Waals surface area contributed by atoms with Crippen LogP contribution in [0.15, 0.2) is 42.5 Å². The van der Waals surface area contributed by atoms with Crippen molar-refractivity contribution in [3.8, 4) is 5.75 Å². The number of urea groups is 1. The topological polar surface area (TPSA) is 108 Å². The van der Waals surface area contributed by atoms with E-state index in [1.807, 2.05) is 31.2 Å². The van der Waals surface area contributed by atoms with Crippen molar-refractivity contribution < 1.29 is 24.2 Å². The quantitative estimate of drug-likeness (QED) is 0.334. The Kier molecular flexibility index (Phi) is 11.1. The van der Waals surface area contributed by atoms with Crippen LogP contribution in [-0.4, -0.2) is 48.6 Å². The van der Waals surface area contributed by atoms with E-state index in [1.54, 1.807) is 37.1 Å². The highest BCUT2D eigenvalue weighted by atomic mass is 16.5. The van der Waals surface area contributed by atoms with Crippen LogP contribution < -0.4 is 15.4 Å². The van der Waals surface area contributed by atoms with Crippen LogP contribution in [0.5, 0.6) is 5.75 Å². The van der Waals surface area contributed by atoms with Gasteiger partial charge in [0.1, 0.15) is 5.75 Å². The number of benzene rings is 2. The van der Waals surface area contributed by atoms with Crippen molar-refractivity contribution in [2.45, 2.75) is 52.4 Å². The third-order valence-electron chi connectivity index (χ3n) is 5.99. The van der Waals surface area contributed by atoms with Gasteiger partial charge < -0.3 is 25.4 Å². The fraction of sp³-hybridized carbons (Fsp3) is 0.444. The Bertz CT molecular complexity index is 1010. The third-order valence-corrected chi connectivity index (χ3v) is 5.99. The van der Waals surface area contributed by atoms with E-state index in [1.165, 1.54) is 7.11 Å². The molecule has 2 rings (SSSR count). The Morgan fingerprint density at radius 2 is 1.69 bits per heavy atom. The van der Waals surface area contributed by atoms with Gasteiger partial charge in [0.05, 0.1) is 25.1 Å². The summed E-state index contributed by atoms with van der Waals surface area (Å²) in [6.07, 6.45) is 4.61. The highest BCUT2D eigenvalue weighted by Gasteiger charge is 2.14.